The Balaban J connectivity index is 0.000000151. The van der Waals surface area contributed by atoms with E-state index in [-0.39, 0.29) is 35.4 Å². The number of para-hydroxylation sites is 4. The maximum Gasteiger partial charge on any atom is 0.326 e. The van der Waals surface area contributed by atoms with E-state index in [4.69, 9.17) is 19.5 Å². The van der Waals surface area contributed by atoms with Crippen LogP contribution in [0.2, 0.25) is 0 Å². The number of aromatic amines is 2. The van der Waals surface area contributed by atoms with Crippen molar-refractivity contribution in [2.24, 2.45) is 9.98 Å². The summed E-state index contributed by atoms with van der Waals surface area (Å²) < 4.78 is 14.6. The molecule has 15 nitrogen and oxygen atoms in total. The lowest BCUT2D eigenvalue weighted by Gasteiger charge is -2.32. The molecule has 0 saturated carbocycles. The van der Waals surface area contributed by atoms with Gasteiger partial charge in [0.25, 0.3) is 0 Å². The fourth-order valence-corrected chi connectivity index (χ4v) is 12.3. The van der Waals surface area contributed by atoms with Crippen LogP contribution in [0.5, 0.6) is 11.5 Å². The number of amidine groups is 2. The molecule has 2 aromatic heterocycles. The zero-order valence-electron chi connectivity index (χ0n) is 39.8. The van der Waals surface area contributed by atoms with Crippen LogP contribution in [0.15, 0.2) is 105 Å². The molecule has 15 heteroatoms. The van der Waals surface area contributed by atoms with Crippen LogP contribution in [0.4, 0.5) is 0 Å². The Bertz CT molecular complexity index is 3020. The predicted octanol–water partition coefficient (Wildman–Crippen LogP) is 6.46. The molecule has 0 bridgehead atoms. The van der Waals surface area contributed by atoms with Gasteiger partial charge >= 0.3 is 11.4 Å². The number of methoxy groups -OCH3 is 2. The van der Waals surface area contributed by atoms with Gasteiger partial charge in [-0.3, -0.25) is 28.8 Å². The summed E-state index contributed by atoms with van der Waals surface area (Å²) in [5.41, 5.74) is 9.31. The topological polar surface area (TPSA) is 166 Å². The molecule has 4 N–H and O–H groups in total. The SMILES string of the molecule is COc1ccc2c(c1)CC[C@H]1N=C(NC(=O)CN3CCC(n4c(=O)[nH]c5ccccc54)CC3)C[C@@H]21.COc1ccc2c(c1)CC[C@H]1NC(=NCCN3CCC(n4c(=O)[nH]c5ccccc54)CC3)C[C@@H]21. The quantitative estimate of drug-likeness (QED) is 0.128. The highest BCUT2D eigenvalue weighted by Gasteiger charge is 2.38. The number of aliphatic imine (C=N–C) groups is 2. The Kier molecular flexibility index (Phi) is 12.7. The van der Waals surface area contributed by atoms with E-state index in [9.17, 15) is 14.4 Å². The number of likely N-dealkylation sites (tertiary alicyclic amines) is 2. The molecule has 0 radical (unpaired) electrons. The first-order chi connectivity index (χ1) is 33.8. The minimum atomic E-state index is -0.0527. The van der Waals surface area contributed by atoms with E-state index in [0.717, 1.165) is 143 Å². The summed E-state index contributed by atoms with van der Waals surface area (Å²) in [6, 6.07) is 29.8. The number of carbonyl (C=O) groups excluding carboxylic acids is 1. The number of aromatic nitrogens is 4. The number of benzene rings is 4. The number of hydrogen-bond donors (Lipinski definition) is 4. The molecular formula is C54H64N10O5. The number of nitrogens with one attached hydrogen (secondary N) is 4. The van der Waals surface area contributed by atoms with Crippen LogP contribution in [0.25, 0.3) is 22.1 Å². The molecule has 6 heterocycles. The highest BCUT2D eigenvalue weighted by molar-refractivity contribution is 6.00. The van der Waals surface area contributed by atoms with Crippen LogP contribution < -0.4 is 31.5 Å². The number of hydrogen-bond acceptors (Lipinski definition) is 9. The van der Waals surface area contributed by atoms with Crippen molar-refractivity contribution in [1.29, 1.82) is 0 Å². The third kappa shape index (κ3) is 9.26. The molecule has 3 saturated heterocycles. The minimum Gasteiger partial charge on any atom is -0.497 e. The first-order valence-corrected chi connectivity index (χ1v) is 25.1. The number of rotatable bonds is 9. The van der Waals surface area contributed by atoms with Crippen LogP contribution in [0.3, 0.4) is 0 Å². The molecule has 4 atom stereocenters. The second-order valence-corrected chi connectivity index (χ2v) is 19.8. The van der Waals surface area contributed by atoms with Crippen molar-refractivity contribution < 1.29 is 14.3 Å². The molecule has 4 aromatic carbocycles. The maximum atomic E-state index is 12.8. The lowest BCUT2D eigenvalue weighted by atomic mass is 9.79. The Labute approximate surface area is 402 Å². The Hall–Kier alpha value is -6.45. The second-order valence-electron chi connectivity index (χ2n) is 19.8. The fraction of sp³-hybridized carbons (Fsp3) is 0.463. The summed E-state index contributed by atoms with van der Waals surface area (Å²) >= 11 is 0. The summed E-state index contributed by atoms with van der Waals surface area (Å²) in [5, 5.41) is 6.80. The van der Waals surface area contributed by atoms with Crippen LogP contribution in [0.1, 0.15) is 97.5 Å². The Morgan fingerprint density at radius 1 is 0.696 bits per heavy atom. The highest BCUT2D eigenvalue weighted by atomic mass is 16.5. The normalized spacial score (nSPS) is 23.3. The first-order valence-electron chi connectivity index (χ1n) is 25.1. The van der Waals surface area contributed by atoms with Crippen molar-refractivity contribution in [3.63, 3.8) is 0 Å². The number of aryl methyl sites for hydroxylation is 2. The third-order valence-electron chi connectivity index (χ3n) is 15.8. The van der Waals surface area contributed by atoms with E-state index in [1.165, 1.54) is 28.1 Å². The van der Waals surface area contributed by atoms with Gasteiger partial charge in [-0.05, 0) is 122 Å². The molecule has 1 amide bonds. The zero-order chi connectivity index (χ0) is 47.0. The van der Waals surface area contributed by atoms with Gasteiger partial charge in [0.1, 0.15) is 17.3 Å². The van der Waals surface area contributed by atoms with Crippen molar-refractivity contribution in [2.75, 3.05) is 60.0 Å². The van der Waals surface area contributed by atoms with Gasteiger partial charge in [0.05, 0.1) is 61.3 Å². The van der Waals surface area contributed by atoms with Crippen molar-refractivity contribution in [3.05, 3.63) is 128 Å². The summed E-state index contributed by atoms with van der Waals surface area (Å²) in [5.74, 6) is 4.69. The molecule has 6 aliphatic rings. The second kappa shape index (κ2) is 19.5. The van der Waals surface area contributed by atoms with Crippen LogP contribution >= 0.6 is 0 Å². The number of imidazole rings is 2. The van der Waals surface area contributed by atoms with Gasteiger partial charge in [-0.25, -0.2) is 9.59 Å². The van der Waals surface area contributed by atoms with Gasteiger partial charge in [-0.1, -0.05) is 36.4 Å². The van der Waals surface area contributed by atoms with Crippen molar-refractivity contribution >= 4 is 39.6 Å². The fourth-order valence-electron chi connectivity index (χ4n) is 12.3. The summed E-state index contributed by atoms with van der Waals surface area (Å²) in [6.07, 6.45) is 9.74. The summed E-state index contributed by atoms with van der Waals surface area (Å²) in [7, 11) is 3.43. The number of amides is 1. The third-order valence-corrected chi connectivity index (χ3v) is 15.8. The number of piperidine rings is 2. The Morgan fingerprint density at radius 3 is 1.87 bits per heavy atom. The lowest BCUT2D eigenvalue weighted by molar-refractivity contribution is -0.121. The van der Waals surface area contributed by atoms with E-state index in [2.05, 4.69) is 60.7 Å². The van der Waals surface area contributed by atoms with E-state index in [0.29, 0.717) is 24.4 Å². The standard InChI is InChI=1S/C27H31N5O3.C27H33N5O2/c1-35-19-7-8-20-17(14-19)6-9-22-21(20)15-25(28-22)30-26(33)16-31-12-10-18(11-13-31)32-24-5-3-2-4-23(24)29-27(32)34;1-34-20-7-8-21-18(16-20)6-9-23-22(21)17-26(29-23)28-12-15-31-13-10-19(11-14-31)32-25-5-3-2-4-24(25)30-27(32)33/h2-5,7-8,14,18,21-22H,6,9-13,15-16H2,1H3,(H,29,34)(H,28,30,33);2-5,7-8,16,19,22-23H,6,9-15,17H2,1H3,(H,28,29)(H,30,33)/t21-,22+;22-,23+/m00/s1. The smallest absolute Gasteiger partial charge is 0.326 e. The molecule has 6 aromatic rings. The van der Waals surface area contributed by atoms with Crippen LogP contribution in [0, 0.1) is 0 Å². The Morgan fingerprint density at radius 2 is 1.26 bits per heavy atom. The van der Waals surface area contributed by atoms with Crippen molar-refractivity contribution in [2.45, 2.75) is 100 Å². The van der Waals surface area contributed by atoms with Gasteiger partial charge in [0.15, 0.2) is 0 Å². The summed E-state index contributed by atoms with van der Waals surface area (Å²) in [4.78, 5) is 58.3. The molecule has 3 fully saturated rings. The highest BCUT2D eigenvalue weighted by Crippen LogP contribution is 2.42. The molecule has 360 valence electrons. The molecule has 4 aliphatic heterocycles. The van der Waals surface area contributed by atoms with Gasteiger partial charge in [-0.2, -0.15) is 0 Å². The minimum absolute atomic E-state index is 0.0000579. The number of carbonyl (C=O) groups is 1. The number of fused-ring (bicyclic) bond motifs is 8. The van der Waals surface area contributed by atoms with Gasteiger partial charge in [-0.15, -0.1) is 0 Å². The summed E-state index contributed by atoms with van der Waals surface area (Å²) in [6.45, 7) is 5.76. The zero-order valence-corrected chi connectivity index (χ0v) is 39.8. The molecule has 0 spiro atoms. The largest absolute Gasteiger partial charge is 0.497 e. The van der Waals surface area contributed by atoms with Gasteiger partial charge in [0.2, 0.25) is 5.91 Å². The monoisotopic (exact) mass is 933 g/mol. The van der Waals surface area contributed by atoms with Crippen molar-refractivity contribution in [3.8, 4) is 11.5 Å². The van der Waals surface area contributed by atoms with Gasteiger partial charge < -0.3 is 35.0 Å². The number of nitrogens with zero attached hydrogens (tertiary/aromatic N) is 6. The van der Waals surface area contributed by atoms with Gasteiger partial charge in [0, 0.05) is 75.5 Å². The van der Waals surface area contributed by atoms with Crippen molar-refractivity contribution in [1.82, 2.24) is 39.5 Å². The number of H-pyrrole nitrogens is 2. The lowest BCUT2D eigenvalue weighted by Crippen LogP contribution is -2.44. The van der Waals surface area contributed by atoms with Crippen LogP contribution in [-0.4, -0.2) is 119 Å². The average Bonchev–Trinajstić information content (AvgIpc) is 4.16. The molecular weight excluding hydrogens is 869 g/mol. The van der Waals surface area contributed by atoms with E-state index >= 15 is 0 Å². The molecule has 69 heavy (non-hydrogen) atoms. The average molecular weight is 933 g/mol. The molecule has 12 rings (SSSR count). The molecule has 0 unspecified atom stereocenters. The van der Waals surface area contributed by atoms with Crippen LogP contribution in [-0.2, 0) is 17.6 Å². The maximum absolute atomic E-state index is 12.8. The number of ether oxygens (including phenoxy) is 2. The van der Waals surface area contributed by atoms with E-state index < -0.39 is 0 Å². The predicted molar refractivity (Wildman–Crippen MR) is 270 cm³/mol. The first kappa shape index (κ1) is 45.0. The molecule has 2 aliphatic carbocycles. The van der Waals surface area contributed by atoms with E-state index in [1.807, 2.05) is 63.7 Å². The van der Waals surface area contributed by atoms with E-state index in [1.54, 1.807) is 14.2 Å².